The van der Waals surface area contributed by atoms with Gasteiger partial charge in [-0.1, -0.05) is 24.3 Å². The molecule has 1 N–H and O–H groups in total. The molecule has 28 heavy (non-hydrogen) atoms. The average molecular weight is 400 g/mol. The number of ketones is 1. The Morgan fingerprint density at radius 2 is 1.68 bits per heavy atom. The predicted octanol–water partition coefficient (Wildman–Crippen LogP) is 3.42. The molecule has 1 amide bonds. The van der Waals surface area contributed by atoms with E-state index in [-0.39, 0.29) is 35.5 Å². The number of carbonyl (C=O) groups excluding carboxylic acids is 2. The molecule has 1 aliphatic carbocycles. The van der Waals surface area contributed by atoms with Crippen molar-refractivity contribution in [1.29, 1.82) is 0 Å². The molecule has 0 bridgehead atoms. The third kappa shape index (κ3) is 4.87. The number of hydrogen-bond acceptors (Lipinski definition) is 4. The maximum Gasteiger partial charge on any atom is 0.220 e. The van der Waals surface area contributed by atoms with Crippen molar-refractivity contribution in [2.75, 3.05) is 6.26 Å². The first-order chi connectivity index (χ1) is 13.2. The second-order valence-electron chi connectivity index (χ2n) is 7.39. The molecule has 6 heteroatoms. The quantitative estimate of drug-likeness (QED) is 0.724. The first-order valence-corrected chi connectivity index (χ1v) is 11.4. The highest BCUT2D eigenvalue weighted by Gasteiger charge is 2.16. The van der Waals surface area contributed by atoms with E-state index in [4.69, 9.17) is 0 Å². The maximum atomic E-state index is 12.4. The van der Waals surface area contributed by atoms with Crippen LogP contribution < -0.4 is 5.32 Å². The highest BCUT2D eigenvalue weighted by atomic mass is 32.2. The van der Waals surface area contributed by atoms with Gasteiger partial charge in [-0.05, 0) is 61.1 Å². The Kier molecular flexibility index (Phi) is 5.98. The fourth-order valence-electron chi connectivity index (χ4n) is 3.52. The van der Waals surface area contributed by atoms with Crippen LogP contribution in [0.25, 0.3) is 0 Å². The van der Waals surface area contributed by atoms with Gasteiger partial charge in [-0.2, -0.15) is 0 Å². The third-order valence-electron chi connectivity index (χ3n) is 5.19. The van der Waals surface area contributed by atoms with E-state index in [1.54, 1.807) is 12.1 Å². The molecule has 0 radical (unpaired) electrons. The minimum Gasteiger partial charge on any atom is -0.350 e. The SMILES string of the molecule is CC(NC(=O)CCC(=O)c1ccc2c(c1)CCC2)c1ccc(S(C)(=O)=O)cc1. The summed E-state index contributed by atoms with van der Waals surface area (Å²) in [5.41, 5.74) is 4.06. The van der Waals surface area contributed by atoms with E-state index in [9.17, 15) is 18.0 Å². The summed E-state index contributed by atoms with van der Waals surface area (Å²) in [5.74, 6) is -0.218. The van der Waals surface area contributed by atoms with Crippen molar-refractivity contribution in [1.82, 2.24) is 5.32 Å². The minimum absolute atomic E-state index is 0.0185. The van der Waals surface area contributed by atoms with Crippen molar-refractivity contribution in [3.05, 3.63) is 64.7 Å². The molecule has 2 aromatic carbocycles. The lowest BCUT2D eigenvalue weighted by atomic mass is 10.0. The molecule has 0 saturated carbocycles. The lowest BCUT2D eigenvalue weighted by Gasteiger charge is -2.14. The van der Waals surface area contributed by atoms with E-state index in [1.165, 1.54) is 23.3 Å². The molecule has 0 heterocycles. The topological polar surface area (TPSA) is 80.3 Å². The number of carbonyl (C=O) groups is 2. The van der Waals surface area contributed by atoms with Crippen LogP contribution in [-0.4, -0.2) is 26.4 Å². The van der Waals surface area contributed by atoms with Crippen molar-refractivity contribution in [3.63, 3.8) is 0 Å². The molecule has 1 atom stereocenters. The van der Waals surface area contributed by atoms with Gasteiger partial charge < -0.3 is 5.32 Å². The lowest BCUT2D eigenvalue weighted by molar-refractivity contribution is -0.121. The largest absolute Gasteiger partial charge is 0.350 e. The van der Waals surface area contributed by atoms with E-state index >= 15 is 0 Å². The smallest absolute Gasteiger partial charge is 0.220 e. The van der Waals surface area contributed by atoms with Crippen LogP contribution in [0.4, 0.5) is 0 Å². The molecule has 0 aromatic heterocycles. The van der Waals surface area contributed by atoms with Crippen LogP contribution >= 0.6 is 0 Å². The second kappa shape index (κ2) is 8.27. The van der Waals surface area contributed by atoms with E-state index in [2.05, 4.69) is 5.32 Å². The monoisotopic (exact) mass is 399 g/mol. The van der Waals surface area contributed by atoms with Crippen LogP contribution in [0.2, 0.25) is 0 Å². The summed E-state index contributed by atoms with van der Waals surface area (Å²) < 4.78 is 23.0. The molecule has 148 valence electrons. The molecule has 3 rings (SSSR count). The van der Waals surface area contributed by atoms with Gasteiger partial charge in [0.1, 0.15) is 0 Å². The van der Waals surface area contributed by atoms with E-state index < -0.39 is 9.84 Å². The van der Waals surface area contributed by atoms with E-state index in [0.717, 1.165) is 31.1 Å². The van der Waals surface area contributed by atoms with Gasteiger partial charge in [-0.15, -0.1) is 0 Å². The number of nitrogens with one attached hydrogen (secondary N) is 1. The number of aryl methyl sites for hydroxylation is 2. The highest BCUT2D eigenvalue weighted by Crippen LogP contribution is 2.23. The van der Waals surface area contributed by atoms with Crippen molar-refractivity contribution in [2.45, 2.75) is 50.0 Å². The Morgan fingerprint density at radius 3 is 2.36 bits per heavy atom. The zero-order valence-corrected chi connectivity index (χ0v) is 17.0. The Hall–Kier alpha value is -2.47. The zero-order chi connectivity index (χ0) is 20.3. The number of fused-ring (bicyclic) bond motifs is 1. The van der Waals surface area contributed by atoms with Gasteiger partial charge in [0.2, 0.25) is 5.91 Å². The standard InChI is InChI=1S/C22H25NO4S/c1-15(16-8-10-20(11-9-16)28(2,26)27)23-22(25)13-12-21(24)19-7-6-17-4-3-5-18(17)14-19/h6-11,14-15H,3-5,12-13H2,1-2H3,(H,23,25). The molecule has 1 unspecified atom stereocenters. The van der Waals surface area contributed by atoms with Crippen LogP contribution in [0, 0.1) is 0 Å². The van der Waals surface area contributed by atoms with Crippen LogP contribution in [0.3, 0.4) is 0 Å². The normalized spacial score (nSPS) is 14.4. The summed E-state index contributed by atoms with van der Waals surface area (Å²) in [4.78, 5) is 24.9. The van der Waals surface area contributed by atoms with Crippen molar-refractivity contribution < 1.29 is 18.0 Å². The summed E-state index contributed by atoms with van der Waals surface area (Å²) in [5, 5.41) is 2.86. The van der Waals surface area contributed by atoms with Gasteiger partial charge in [0, 0.05) is 24.7 Å². The molecule has 0 spiro atoms. The Bertz CT molecular complexity index is 994. The Balaban J connectivity index is 1.53. The van der Waals surface area contributed by atoms with Gasteiger partial charge >= 0.3 is 0 Å². The number of amides is 1. The van der Waals surface area contributed by atoms with Gasteiger partial charge in [-0.25, -0.2) is 8.42 Å². The fraction of sp³-hybridized carbons (Fsp3) is 0.364. The fourth-order valence-corrected chi connectivity index (χ4v) is 4.15. The van der Waals surface area contributed by atoms with Crippen LogP contribution in [-0.2, 0) is 27.5 Å². The zero-order valence-electron chi connectivity index (χ0n) is 16.2. The van der Waals surface area contributed by atoms with Gasteiger partial charge in [-0.3, -0.25) is 9.59 Å². The lowest BCUT2D eigenvalue weighted by Crippen LogP contribution is -2.27. The maximum absolute atomic E-state index is 12.4. The molecule has 0 aliphatic heterocycles. The minimum atomic E-state index is -3.24. The highest BCUT2D eigenvalue weighted by molar-refractivity contribution is 7.90. The first-order valence-electron chi connectivity index (χ1n) is 9.48. The number of rotatable bonds is 7. The number of sulfone groups is 1. The molecular formula is C22H25NO4S. The number of hydrogen-bond donors (Lipinski definition) is 1. The summed E-state index contributed by atoms with van der Waals surface area (Å²) in [6, 6.07) is 12.0. The van der Waals surface area contributed by atoms with Gasteiger partial charge in [0.25, 0.3) is 0 Å². The molecule has 2 aromatic rings. The Labute approximate surface area is 166 Å². The third-order valence-corrected chi connectivity index (χ3v) is 6.31. The van der Waals surface area contributed by atoms with Gasteiger partial charge in [0.05, 0.1) is 10.9 Å². The van der Waals surface area contributed by atoms with Crippen molar-refractivity contribution in [2.24, 2.45) is 0 Å². The molecule has 0 fully saturated rings. The van der Waals surface area contributed by atoms with Gasteiger partial charge in [0.15, 0.2) is 15.6 Å². The molecule has 0 saturated heterocycles. The summed E-state index contributed by atoms with van der Waals surface area (Å²) in [7, 11) is -3.24. The summed E-state index contributed by atoms with van der Waals surface area (Å²) in [6.45, 7) is 1.83. The van der Waals surface area contributed by atoms with Crippen LogP contribution in [0.1, 0.15) is 59.3 Å². The summed E-state index contributed by atoms with van der Waals surface area (Å²) >= 11 is 0. The number of Topliss-reactive ketones (excluding diaryl/α,β-unsaturated/α-hetero) is 1. The van der Waals surface area contributed by atoms with Crippen LogP contribution in [0.5, 0.6) is 0 Å². The van der Waals surface area contributed by atoms with E-state index in [1.807, 2.05) is 25.1 Å². The first kappa shape index (κ1) is 20.3. The second-order valence-corrected chi connectivity index (χ2v) is 9.41. The van der Waals surface area contributed by atoms with Crippen LogP contribution in [0.15, 0.2) is 47.4 Å². The molecular weight excluding hydrogens is 374 g/mol. The molecule has 1 aliphatic rings. The number of benzene rings is 2. The van der Waals surface area contributed by atoms with E-state index in [0.29, 0.717) is 5.56 Å². The molecule has 5 nitrogen and oxygen atoms in total. The predicted molar refractivity (Wildman–Crippen MR) is 108 cm³/mol. The van der Waals surface area contributed by atoms with Crippen molar-refractivity contribution in [3.8, 4) is 0 Å². The summed E-state index contributed by atoms with van der Waals surface area (Å²) in [6.07, 6.45) is 4.69. The van der Waals surface area contributed by atoms with Crippen molar-refractivity contribution >= 4 is 21.5 Å². The average Bonchev–Trinajstić information content (AvgIpc) is 3.13. The Morgan fingerprint density at radius 1 is 1.00 bits per heavy atom.